The van der Waals surface area contributed by atoms with Crippen LogP contribution >= 0.6 is 0 Å². The number of aryl methyl sites for hydroxylation is 1. The van der Waals surface area contributed by atoms with E-state index in [0.29, 0.717) is 40.7 Å². The van der Waals surface area contributed by atoms with Crippen LogP contribution < -0.4 is 10.1 Å². The van der Waals surface area contributed by atoms with E-state index in [-0.39, 0.29) is 11.7 Å². The second-order valence-corrected chi connectivity index (χ2v) is 7.52. The van der Waals surface area contributed by atoms with Crippen molar-refractivity contribution >= 4 is 22.8 Å². The number of fused-ring (bicyclic) bond motifs is 1. The summed E-state index contributed by atoms with van der Waals surface area (Å²) in [6.45, 7) is 2.59. The lowest BCUT2D eigenvalue weighted by atomic mass is 10.0. The number of aromatic amines is 1. The molecule has 0 aliphatic rings. The zero-order chi connectivity index (χ0) is 23.7. The number of nitrogens with zero attached hydrogens (tertiary/aromatic N) is 5. The fourth-order valence-electron chi connectivity index (χ4n) is 3.64. The van der Waals surface area contributed by atoms with Gasteiger partial charge in [0.2, 0.25) is 5.88 Å². The third-order valence-electron chi connectivity index (χ3n) is 5.38. The molecule has 3 heterocycles. The molecular formula is C24H21N7O3. The number of hydrogen-bond donors (Lipinski definition) is 3. The number of anilines is 1. The van der Waals surface area contributed by atoms with Gasteiger partial charge >= 0.3 is 0 Å². The fraction of sp³-hybridized carbons (Fsp3) is 0.125. The first kappa shape index (κ1) is 21.1. The molecule has 0 atom stereocenters. The number of phenols is 1. The quantitative estimate of drug-likeness (QED) is 0.354. The summed E-state index contributed by atoms with van der Waals surface area (Å²) in [5.41, 5.74) is 3.87. The Bertz CT molecular complexity index is 1510. The Morgan fingerprint density at radius 3 is 2.85 bits per heavy atom. The lowest BCUT2D eigenvalue weighted by Gasteiger charge is -2.09. The highest BCUT2D eigenvalue weighted by atomic mass is 16.5. The number of methoxy groups -OCH3 is 1. The SMILES string of the molecule is CCn1cc(NC(=O)c2ccc3[nH]c(-c4cc(-c5cccnc5OC)ccc4O)nc3c2)nn1. The highest BCUT2D eigenvalue weighted by molar-refractivity contribution is 6.05. The summed E-state index contributed by atoms with van der Waals surface area (Å²) < 4.78 is 6.99. The average Bonchev–Trinajstić information content (AvgIpc) is 3.50. The van der Waals surface area contributed by atoms with E-state index in [9.17, 15) is 9.90 Å². The number of benzene rings is 2. The molecule has 10 heteroatoms. The third kappa shape index (κ3) is 3.92. The molecule has 0 fully saturated rings. The topological polar surface area (TPSA) is 131 Å². The number of ether oxygens (including phenoxy) is 1. The van der Waals surface area contributed by atoms with Crippen LogP contribution in [0.1, 0.15) is 17.3 Å². The van der Waals surface area contributed by atoms with Crippen molar-refractivity contribution in [1.29, 1.82) is 0 Å². The van der Waals surface area contributed by atoms with Crippen molar-refractivity contribution in [2.24, 2.45) is 0 Å². The number of amides is 1. The van der Waals surface area contributed by atoms with E-state index < -0.39 is 0 Å². The first-order chi connectivity index (χ1) is 16.6. The molecule has 3 aromatic heterocycles. The molecule has 0 unspecified atom stereocenters. The third-order valence-corrected chi connectivity index (χ3v) is 5.38. The lowest BCUT2D eigenvalue weighted by molar-refractivity contribution is 0.102. The molecule has 3 N–H and O–H groups in total. The van der Waals surface area contributed by atoms with Gasteiger partial charge in [0, 0.05) is 23.9 Å². The number of carbonyl (C=O) groups is 1. The van der Waals surface area contributed by atoms with Gasteiger partial charge in [0.25, 0.3) is 5.91 Å². The van der Waals surface area contributed by atoms with E-state index in [2.05, 4.69) is 30.6 Å². The van der Waals surface area contributed by atoms with Gasteiger partial charge in [-0.1, -0.05) is 11.3 Å². The maximum absolute atomic E-state index is 12.7. The normalized spacial score (nSPS) is 11.0. The van der Waals surface area contributed by atoms with Gasteiger partial charge in [-0.2, -0.15) is 0 Å². The number of aromatic hydroxyl groups is 1. The Balaban J connectivity index is 1.47. The van der Waals surface area contributed by atoms with E-state index in [4.69, 9.17) is 4.74 Å². The van der Waals surface area contributed by atoms with E-state index in [1.807, 2.05) is 25.1 Å². The molecule has 1 amide bonds. The molecule has 170 valence electrons. The number of pyridine rings is 1. The smallest absolute Gasteiger partial charge is 0.256 e. The van der Waals surface area contributed by atoms with Crippen molar-refractivity contribution < 1.29 is 14.6 Å². The number of hydrogen-bond acceptors (Lipinski definition) is 7. The number of carbonyl (C=O) groups excluding carboxylic acids is 1. The molecule has 10 nitrogen and oxygen atoms in total. The number of imidazole rings is 1. The summed E-state index contributed by atoms with van der Waals surface area (Å²) in [6, 6.07) is 14.1. The summed E-state index contributed by atoms with van der Waals surface area (Å²) in [5.74, 6) is 1.09. The Morgan fingerprint density at radius 1 is 1.18 bits per heavy atom. The number of phenolic OH excluding ortho intramolecular Hbond substituents is 1. The van der Waals surface area contributed by atoms with E-state index >= 15 is 0 Å². The van der Waals surface area contributed by atoms with Gasteiger partial charge < -0.3 is 20.1 Å². The average molecular weight is 455 g/mol. The molecule has 34 heavy (non-hydrogen) atoms. The zero-order valence-electron chi connectivity index (χ0n) is 18.5. The minimum Gasteiger partial charge on any atom is -0.507 e. The first-order valence-corrected chi connectivity index (χ1v) is 10.6. The second-order valence-electron chi connectivity index (χ2n) is 7.52. The Hall–Kier alpha value is -4.73. The Labute approximate surface area is 194 Å². The number of rotatable bonds is 6. The molecule has 0 saturated heterocycles. The minimum atomic E-state index is -0.317. The predicted molar refractivity (Wildman–Crippen MR) is 127 cm³/mol. The number of nitrogens with one attached hydrogen (secondary N) is 2. The van der Waals surface area contributed by atoms with Crippen LogP contribution in [0.2, 0.25) is 0 Å². The van der Waals surface area contributed by atoms with Crippen molar-refractivity contribution in [3.05, 3.63) is 66.5 Å². The summed E-state index contributed by atoms with van der Waals surface area (Å²) in [4.78, 5) is 24.7. The Kier molecular flexibility index (Phi) is 5.38. The van der Waals surface area contributed by atoms with Crippen LogP contribution in [0, 0.1) is 0 Å². The van der Waals surface area contributed by atoms with Gasteiger partial charge in [-0.05, 0) is 55.0 Å². The molecule has 0 spiro atoms. The lowest BCUT2D eigenvalue weighted by Crippen LogP contribution is -2.12. The van der Waals surface area contributed by atoms with Crippen molar-refractivity contribution in [2.75, 3.05) is 12.4 Å². The maximum Gasteiger partial charge on any atom is 0.256 e. The van der Waals surface area contributed by atoms with Crippen LogP contribution in [-0.2, 0) is 6.54 Å². The largest absolute Gasteiger partial charge is 0.507 e. The molecule has 0 bridgehead atoms. The van der Waals surface area contributed by atoms with Crippen molar-refractivity contribution in [1.82, 2.24) is 29.9 Å². The molecular weight excluding hydrogens is 434 g/mol. The highest BCUT2D eigenvalue weighted by Gasteiger charge is 2.15. The monoisotopic (exact) mass is 455 g/mol. The minimum absolute atomic E-state index is 0.0719. The van der Waals surface area contributed by atoms with Crippen LogP contribution in [0.3, 0.4) is 0 Å². The highest BCUT2D eigenvalue weighted by Crippen LogP contribution is 2.35. The fourth-order valence-corrected chi connectivity index (χ4v) is 3.64. The Morgan fingerprint density at radius 2 is 2.06 bits per heavy atom. The van der Waals surface area contributed by atoms with Crippen molar-refractivity contribution in [3.8, 4) is 34.1 Å². The van der Waals surface area contributed by atoms with Crippen LogP contribution in [-0.4, -0.2) is 48.1 Å². The number of aromatic nitrogens is 6. The van der Waals surface area contributed by atoms with Gasteiger partial charge in [0.05, 0.1) is 29.9 Å². The summed E-state index contributed by atoms with van der Waals surface area (Å²) in [6.07, 6.45) is 3.32. The number of H-pyrrole nitrogens is 1. The van der Waals surface area contributed by atoms with Crippen molar-refractivity contribution in [2.45, 2.75) is 13.5 Å². The van der Waals surface area contributed by atoms with Gasteiger partial charge in [-0.25, -0.2) is 9.97 Å². The van der Waals surface area contributed by atoms with E-state index in [1.54, 1.807) is 54.5 Å². The summed E-state index contributed by atoms with van der Waals surface area (Å²) >= 11 is 0. The summed E-state index contributed by atoms with van der Waals surface area (Å²) in [5, 5.41) is 21.1. The first-order valence-electron chi connectivity index (χ1n) is 10.6. The molecule has 0 aliphatic heterocycles. The molecule has 0 radical (unpaired) electrons. The predicted octanol–water partition coefficient (Wildman–Crippen LogP) is 3.87. The van der Waals surface area contributed by atoms with Crippen LogP contribution in [0.4, 0.5) is 5.82 Å². The van der Waals surface area contributed by atoms with Gasteiger partial charge in [0.1, 0.15) is 11.6 Å². The van der Waals surface area contributed by atoms with Gasteiger partial charge in [-0.3, -0.25) is 9.48 Å². The van der Waals surface area contributed by atoms with Gasteiger partial charge in [0.15, 0.2) is 5.82 Å². The van der Waals surface area contributed by atoms with Crippen molar-refractivity contribution in [3.63, 3.8) is 0 Å². The maximum atomic E-state index is 12.7. The molecule has 5 aromatic rings. The van der Waals surface area contributed by atoms with E-state index in [1.165, 1.54) is 0 Å². The molecule has 5 rings (SSSR count). The van der Waals surface area contributed by atoms with Crippen LogP contribution in [0.25, 0.3) is 33.5 Å². The molecule has 0 saturated carbocycles. The van der Waals surface area contributed by atoms with E-state index in [0.717, 1.165) is 16.6 Å². The zero-order valence-corrected chi connectivity index (χ0v) is 18.5. The van der Waals surface area contributed by atoms with Crippen LogP contribution in [0.5, 0.6) is 11.6 Å². The van der Waals surface area contributed by atoms with Gasteiger partial charge in [-0.15, -0.1) is 5.10 Å². The molecule has 0 aliphatic carbocycles. The summed E-state index contributed by atoms with van der Waals surface area (Å²) in [7, 11) is 1.56. The second kappa shape index (κ2) is 8.66. The molecule has 2 aromatic carbocycles. The standard InChI is InChI=1S/C24H21N7O3/c1-3-31-13-21(29-30-31)28-23(33)15-6-8-18-19(12-15)27-22(26-18)17-11-14(7-9-20(17)32)16-5-4-10-25-24(16)34-2/h4-13,32H,3H2,1-2H3,(H,26,27)(H,28,33). The van der Waals surface area contributed by atoms with Crippen LogP contribution in [0.15, 0.2) is 60.9 Å².